The van der Waals surface area contributed by atoms with Gasteiger partial charge in [0.2, 0.25) is 11.9 Å². The second-order valence-electron chi connectivity index (χ2n) is 6.78. The molecule has 31 heavy (non-hydrogen) atoms. The summed E-state index contributed by atoms with van der Waals surface area (Å²) in [5.74, 6) is 1.40. The molecular formula is C20H23N7O3S. The third-order valence-electron chi connectivity index (χ3n) is 4.62. The van der Waals surface area contributed by atoms with Crippen LogP contribution in [0.1, 0.15) is 4.88 Å². The largest absolute Gasteiger partial charge is 0.383 e. The number of carbonyl (C=O) groups excluding carboxylic acids is 1. The van der Waals surface area contributed by atoms with E-state index in [1.54, 1.807) is 36.9 Å². The zero-order chi connectivity index (χ0) is 21.6. The topological polar surface area (TPSA) is 128 Å². The molecule has 0 spiro atoms. The molecule has 0 unspecified atom stereocenters. The third-order valence-corrected chi connectivity index (χ3v) is 5.70. The fourth-order valence-electron chi connectivity index (χ4n) is 3.08. The number of ether oxygens (including phenoxy) is 2. The molecule has 1 fully saturated rings. The van der Waals surface area contributed by atoms with Crippen LogP contribution < -0.4 is 16.0 Å². The quantitative estimate of drug-likeness (QED) is 0.412. The van der Waals surface area contributed by atoms with Gasteiger partial charge in [-0.15, -0.1) is 11.3 Å². The van der Waals surface area contributed by atoms with Gasteiger partial charge in [0.15, 0.2) is 11.6 Å². The van der Waals surface area contributed by atoms with Crippen LogP contribution in [0.15, 0.2) is 24.5 Å². The fourth-order valence-corrected chi connectivity index (χ4v) is 4.10. The molecule has 1 aliphatic rings. The van der Waals surface area contributed by atoms with Gasteiger partial charge in [0.1, 0.15) is 0 Å². The lowest BCUT2D eigenvalue weighted by molar-refractivity contribution is -0.116. The minimum atomic E-state index is -0.172. The number of amides is 1. The molecule has 0 atom stereocenters. The maximum Gasteiger partial charge on any atom is 0.244 e. The van der Waals surface area contributed by atoms with Crippen LogP contribution in [0.5, 0.6) is 0 Å². The highest BCUT2D eigenvalue weighted by molar-refractivity contribution is 7.20. The van der Waals surface area contributed by atoms with Crippen LogP contribution in [0.2, 0.25) is 0 Å². The summed E-state index contributed by atoms with van der Waals surface area (Å²) in [7, 11) is 1.59. The minimum absolute atomic E-state index is 0.172. The number of rotatable bonds is 7. The van der Waals surface area contributed by atoms with Gasteiger partial charge in [0, 0.05) is 50.1 Å². The van der Waals surface area contributed by atoms with Crippen LogP contribution in [0.4, 0.5) is 11.8 Å². The van der Waals surface area contributed by atoms with Crippen molar-refractivity contribution in [3.05, 3.63) is 29.4 Å². The van der Waals surface area contributed by atoms with E-state index in [1.165, 1.54) is 6.08 Å². The van der Waals surface area contributed by atoms with E-state index in [2.05, 4.69) is 20.2 Å². The molecule has 0 aromatic carbocycles. The number of nitrogens with two attached hydrogens (primary N) is 1. The van der Waals surface area contributed by atoms with E-state index in [4.69, 9.17) is 25.2 Å². The number of morpholine rings is 1. The minimum Gasteiger partial charge on any atom is -0.383 e. The van der Waals surface area contributed by atoms with Crippen LogP contribution in [0.25, 0.3) is 27.7 Å². The Morgan fingerprint density at radius 3 is 2.84 bits per heavy atom. The molecule has 0 aliphatic carbocycles. The van der Waals surface area contributed by atoms with E-state index < -0.39 is 0 Å². The van der Waals surface area contributed by atoms with E-state index in [-0.39, 0.29) is 11.9 Å². The predicted octanol–water partition coefficient (Wildman–Crippen LogP) is 1.34. The second-order valence-corrected chi connectivity index (χ2v) is 7.86. The van der Waals surface area contributed by atoms with Crippen LogP contribution in [-0.4, -0.2) is 72.4 Å². The number of fused-ring (bicyclic) bond motifs is 1. The van der Waals surface area contributed by atoms with Crippen molar-refractivity contribution < 1.29 is 14.3 Å². The van der Waals surface area contributed by atoms with Crippen LogP contribution >= 0.6 is 11.3 Å². The van der Waals surface area contributed by atoms with Crippen molar-refractivity contribution in [3.63, 3.8) is 0 Å². The number of anilines is 2. The lowest BCUT2D eigenvalue weighted by Gasteiger charge is -2.28. The molecule has 3 N–H and O–H groups in total. The molecule has 1 amide bonds. The summed E-state index contributed by atoms with van der Waals surface area (Å²) < 4.78 is 11.4. The van der Waals surface area contributed by atoms with Crippen molar-refractivity contribution in [1.82, 2.24) is 25.3 Å². The van der Waals surface area contributed by atoms with Gasteiger partial charge in [-0.1, -0.05) is 0 Å². The first-order chi connectivity index (χ1) is 15.1. The van der Waals surface area contributed by atoms with Gasteiger partial charge in [-0.05, 0) is 12.1 Å². The lowest BCUT2D eigenvalue weighted by Crippen LogP contribution is -2.36. The highest BCUT2D eigenvalue weighted by Gasteiger charge is 2.20. The molecule has 0 bridgehead atoms. The average Bonchev–Trinajstić information content (AvgIpc) is 3.21. The lowest BCUT2D eigenvalue weighted by atomic mass is 10.3. The van der Waals surface area contributed by atoms with Crippen molar-refractivity contribution in [2.24, 2.45) is 0 Å². The van der Waals surface area contributed by atoms with Crippen molar-refractivity contribution in [1.29, 1.82) is 0 Å². The van der Waals surface area contributed by atoms with E-state index in [0.29, 0.717) is 37.8 Å². The molecule has 11 heteroatoms. The van der Waals surface area contributed by atoms with Crippen LogP contribution in [-0.2, 0) is 14.3 Å². The number of hydrogen-bond acceptors (Lipinski definition) is 10. The molecule has 1 aliphatic heterocycles. The number of carbonyl (C=O) groups is 1. The van der Waals surface area contributed by atoms with Gasteiger partial charge in [-0.25, -0.2) is 19.9 Å². The zero-order valence-corrected chi connectivity index (χ0v) is 17.9. The monoisotopic (exact) mass is 441 g/mol. The van der Waals surface area contributed by atoms with Gasteiger partial charge in [0.25, 0.3) is 0 Å². The Labute approximate surface area is 183 Å². The van der Waals surface area contributed by atoms with Crippen molar-refractivity contribution >= 4 is 45.3 Å². The van der Waals surface area contributed by atoms with Gasteiger partial charge >= 0.3 is 0 Å². The molecule has 0 saturated carbocycles. The Balaban J connectivity index is 1.68. The average molecular weight is 442 g/mol. The Morgan fingerprint density at radius 1 is 1.32 bits per heavy atom. The number of methoxy groups -OCH3 is 1. The van der Waals surface area contributed by atoms with Gasteiger partial charge in [-0.3, -0.25) is 4.79 Å². The number of nitrogens with one attached hydrogen (secondary N) is 1. The maximum absolute atomic E-state index is 12.0. The summed E-state index contributed by atoms with van der Waals surface area (Å²) in [4.78, 5) is 32.7. The highest BCUT2D eigenvalue weighted by atomic mass is 32.1. The van der Waals surface area contributed by atoms with Crippen molar-refractivity contribution in [3.8, 4) is 11.4 Å². The van der Waals surface area contributed by atoms with E-state index >= 15 is 0 Å². The predicted molar refractivity (Wildman–Crippen MR) is 120 cm³/mol. The molecule has 3 aromatic rings. The Hall–Kier alpha value is -3.15. The van der Waals surface area contributed by atoms with Gasteiger partial charge in [-0.2, -0.15) is 0 Å². The van der Waals surface area contributed by atoms with Gasteiger partial charge < -0.3 is 25.4 Å². The molecule has 0 radical (unpaired) electrons. The summed E-state index contributed by atoms with van der Waals surface area (Å²) in [5, 5.41) is 2.77. The number of thiophene rings is 1. The Kier molecular flexibility index (Phi) is 6.65. The first-order valence-electron chi connectivity index (χ1n) is 9.81. The molecule has 10 nitrogen and oxygen atoms in total. The first kappa shape index (κ1) is 21.1. The number of nitrogens with zero attached hydrogens (tertiary/aromatic N) is 5. The summed E-state index contributed by atoms with van der Waals surface area (Å²) in [6.45, 7) is 3.71. The number of aromatic nitrogens is 4. The SMILES string of the molecule is COCCNC(=O)/C=C/c1cc2nc(-c3cnc(N)nc3)nc(N3CCOCC3)c2s1. The second kappa shape index (κ2) is 9.77. The Bertz CT molecular complexity index is 1080. The Morgan fingerprint density at radius 2 is 2.10 bits per heavy atom. The van der Waals surface area contributed by atoms with Gasteiger partial charge in [0.05, 0.1) is 35.6 Å². The molecule has 162 valence electrons. The fraction of sp³-hybridized carbons (Fsp3) is 0.350. The van der Waals surface area contributed by atoms with E-state index in [9.17, 15) is 4.79 Å². The molecular weight excluding hydrogens is 418 g/mol. The summed E-state index contributed by atoms with van der Waals surface area (Å²) in [6, 6.07) is 1.95. The summed E-state index contributed by atoms with van der Waals surface area (Å²) in [6.07, 6.45) is 6.52. The standard InChI is InChI=1S/C20H23N7O3S/c1-29-7-4-22-16(28)3-2-14-10-15-17(31-14)19(27-5-8-30-9-6-27)26-18(25-15)13-11-23-20(21)24-12-13/h2-3,10-12H,4-9H2,1H3,(H,22,28)(H2,21,23,24)/b3-2+. The summed E-state index contributed by atoms with van der Waals surface area (Å²) >= 11 is 1.54. The summed E-state index contributed by atoms with van der Waals surface area (Å²) in [5.41, 5.74) is 7.10. The highest BCUT2D eigenvalue weighted by Crippen LogP contribution is 2.34. The van der Waals surface area contributed by atoms with Crippen LogP contribution in [0.3, 0.4) is 0 Å². The normalized spacial score (nSPS) is 14.4. The maximum atomic E-state index is 12.0. The van der Waals surface area contributed by atoms with Crippen molar-refractivity contribution in [2.75, 3.05) is 57.2 Å². The molecule has 1 saturated heterocycles. The van der Waals surface area contributed by atoms with Crippen LogP contribution in [0, 0.1) is 0 Å². The van der Waals surface area contributed by atoms with Crippen molar-refractivity contribution in [2.45, 2.75) is 0 Å². The number of hydrogen-bond donors (Lipinski definition) is 2. The zero-order valence-electron chi connectivity index (χ0n) is 17.1. The molecule has 4 rings (SSSR count). The number of nitrogen functional groups attached to an aromatic ring is 1. The third kappa shape index (κ3) is 5.13. The molecule has 3 aromatic heterocycles. The smallest absolute Gasteiger partial charge is 0.244 e. The van der Waals surface area contributed by atoms with E-state index in [1.807, 2.05) is 6.07 Å². The molecule has 4 heterocycles. The van der Waals surface area contributed by atoms with E-state index in [0.717, 1.165) is 34.0 Å². The first-order valence-corrected chi connectivity index (χ1v) is 10.6.